The normalized spacial score (nSPS) is 12.7. The summed E-state index contributed by atoms with van der Waals surface area (Å²) in [5, 5.41) is 6.12. The van der Waals surface area contributed by atoms with Crippen LogP contribution in [0.4, 0.5) is 10.8 Å². The summed E-state index contributed by atoms with van der Waals surface area (Å²) in [6.07, 6.45) is 0.883. The summed E-state index contributed by atoms with van der Waals surface area (Å²) < 4.78 is 0. The van der Waals surface area contributed by atoms with Crippen LogP contribution in [-0.4, -0.2) is 34.2 Å². The highest BCUT2D eigenvalue weighted by molar-refractivity contribution is 7.15. The van der Waals surface area contributed by atoms with Crippen molar-refractivity contribution < 1.29 is 14.4 Å². The molecule has 0 fully saturated rings. The number of carbonyl (C=O) groups excluding carboxylic acids is 3. The van der Waals surface area contributed by atoms with E-state index in [1.54, 1.807) is 12.1 Å². The summed E-state index contributed by atoms with van der Waals surface area (Å²) in [6, 6.07) is 16.4. The Kier molecular flexibility index (Phi) is 6.08. The first-order valence-corrected chi connectivity index (χ1v) is 10.8. The van der Waals surface area contributed by atoms with Crippen LogP contribution in [0.25, 0.3) is 0 Å². The van der Waals surface area contributed by atoms with Gasteiger partial charge in [-0.15, -0.1) is 0 Å². The van der Waals surface area contributed by atoms with Crippen molar-refractivity contribution >= 4 is 39.9 Å². The lowest BCUT2D eigenvalue weighted by atomic mass is 10.1. The van der Waals surface area contributed by atoms with E-state index in [1.165, 1.54) is 18.3 Å². The van der Waals surface area contributed by atoms with Gasteiger partial charge in [0.2, 0.25) is 11.8 Å². The molecule has 2 aromatic carbocycles. The van der Waals surface area contributed by atoms with Crippen molar-refractivity contribution in [2.24, 2.45) is 0 Å². The monoisotopic (exact) mass is 434 g/mol. The summed E-state index contributed by atoms with van der Waals surface area (Å²) in [4.78, 5) is 43.6. The maximum Gasteiger partial charge on any atom is 0.254 e. The van der Waals surface area contributed by atoms with Gasteiger partial charge in [-0.2, -0.15) is 0 Å². The molecule has 0 atom stereocenters. The van der Waals surface area contributed by atoms with Crippen LogP contribution in [-0.2, 0) is 29.0 Å². The third-order valence-corrected chi connectivity index (χ3v) is 5.92. The average molecular weight is 435 g/mol. The van der Waals surface area contributed by atoms with E-state index in [1.807, 2.05) is 47.4 Å². The molecule has 0 radical (unpaired) electrons. The topological polar surface area (TPSA) is 91.4 Å². The van der Waals surface area contributed by atoms with Gasteiger partial charge in [-0.3, -0.25) is 14.4 Å². The van der Waals surface area contributed by atoms with E-state index in [4.69, 9.17) is 0 Å². The minimum atomic E-state index is -0.157. The number of nitrogens with zero attached hydrogens (tertiary/aromatic N) is 2. The Morgan fingerprint density at radius 1 is 1.03 bits per heavy atom. The molecule has 0 saturated carbocycles. The van der Waals surface area contributed by atoms with Crippen molar-refractivity contribution in [2.45, 2.75) is 26.3 Å². The summed E-state index contributed by atoms with van der Waals surface area (Å²) in [7, 11) is 0. The molecule has 3 aromatic rings. The number of anilines is 2. The molecule has 0 spiro atoms. The van der Waals surface area contributed by atoms with Crippen LogP contribution in [0.1, 0.15) is 33.4 Å². The maximum absolute atomic E-state index is 12.7. The number of aromatic nitrogens is 1. The smallest absolute Gasteiger partial charge is 0.254 e. The molecule has 1 aromatic heterocycles. The lowest BCUT2D eigenvalue weighted by molar-refractivity contribution is -0.116. The number of hydrogen-bond acceptors (Lipinski definition) is 5. The van der Waals surface area contributed by atoms with Gasteiger partial charge in [0.15, 0.2) is 5.13 Å². The van der Waals surface area contributed by atoms with Crippen LogP contribution in [0.15, 0.2) is 54.6 Å². The predicted molar refractivity (Wildman–Crippen MR) is 120 cm³/mol. The Labute approximate surface area is 184 Å². The lowest BCUT2D eigenvalue weighted by Gasteiger charge is -2.26. The predicted octanol–water partition coefficient (Wildman–Crippen LogP) is 3.48. The van der Waals surface area contributed by atoms with E-state index in [0.29, 0.717) is 35.9 Å². The molecule has 4 rings (SSSR count). The number of fused-ring (bicyclic) bond motifs is 1. The number of rotatable bonds is 5. The zero-order chi connectivity index (χ0) is 21.8. The number of nitrogens with one attached hydrogen (secondary N) is 2. The first kappa shape index (κ1) is 20.7. The molecule has 3 amide bonds. The highest BCUT2D eigenvalue weighted by Crippen LogP contribution is 2.29. The fourth-order valence-electron chi connectivity index (χ4n) is 3.44. The summed E-state index contributed by atoms with van der Waals surface area (Å²) in [5.74, 6) is -0.286. The van der Waals surface area contributed by atoms with E-state index >= 15 is 0 Å². The third-order valence-electron chi connectivity index (χ3n) is 4.92. The summed E-state index contributed by atoms with van der Waals surface area (Å²) in [6.45, 7) is 2.56. The van der Waals surface area contributed by atoms with Crippen molar-refractivity contribution in [3.8, 4) is 0 Å². The fraction of sp³-hybridized carbons (Fsp3) is 0.217. The molecule has 2 heterocycles. The number of benzene rings is 2. The molecule has 0 aliphatic carbocycles. The molecule has 8 heteroatoms. The van der Waals surface area contributed by atoms with Gasteiger partial charge < -0.3 is 15.5 Å². The number of carbonyl (C=O) groups is 3. The van der Waals surface area contributed by atoms with Crippen molar-refractivity contribution in [3.05, 3.63) is 76.3 Å². The number of amides is 3. The van der Waals surface area contributed by atoms with Gasteiger partial charge in [0.1, 0.15) is 0 Å². The molecule has 0 saturated heterocycles. The van der Waals surface area contributed by atoms with Gasteiger partial charge in [-0.25, -0.2) is 4.98 Å². The van der Waals surface area contributed by atoms with Gasteiger partial charge >= 0.3 is 0 Å². The fourth-order valence-corrected chi connectivity index (χ4v) is 4.48. The second-order valence-electron chi connectivity index (χ2n) is 7.33. The minimum absolute atomic E-state index is 0.00736. The van der Waals surface area contributed by atoms with Gasteiger partial charge in [0, 0.05) is 36.0 Å². The maximum atomic E-state index is 12.7. The van der Waals surface area contributed by atoms with Crippen molar-refractivity contribution in [3.63, 3.8) is 0 Å². The van der Waals surface area contributed by atoms with Crippen LogP contribution in [0.3, 0.4) is 0 Å². The molecular formula is C23H22N4O3S. The first-order chi connectivity index (χ1) is 15.0. The van der Waals surface area contributed by atoms with Crippen LogP contribution in [0.5, 0.6) is 0 Å². The van der Waals surface area contributed by atoms with Crippen molar-refractivity contribution in [2.75, 3.05) is 17.2 Å². The Morgan fingerprint density at radius 2 is 1.77 bits per heavy atom. The highest BCUT2D eigenvalue weighted by Gasteiger charge is 2.25. The van der Waals surface area contributed by atoms with Crippen molar-refractivity contribution in [1.29, 1.82) is 0 Å². The molecule has 0 unspecified atom stereocenters. The quantitative estimate of drug-likeness (QED) is 0.643. The summed E-state index contributed by atoms with van der Waals surface area (Å²) >= 11 is 1.42. The second kappa shape index (κ2) is 9.09. The van der Waals surface area contributed by atoms with Gasteiger partial charge in [0.05, 0.1) is 18.7 Å². The van der Waals surface area contributed by atoms with Gasteiger partial charge in [-0.1, -0.05) is 41.7 Å². The van der Waals surface area contributed by atoms with E-state index in [2.05, 4.69) is 15.6 Å². The Balaban J connectivity index is 1.36. The van der Waals surface area contributed by atoms with Crippen LogP contribution < -0.4 is 10.6 Å². The third kappa shape index (κ3) is 5.16. The average Bonchev–Trinajstić information content (AvgIpc) is 3.16. The molecule has 1 aliphatic heterocycles. The molecule has 2 N–H and O–H groups in total. The van der Waals surface area contributed by atoms with Crippen molar-refractivity contribution in [1.82, 2.24) is 9.88 Å². The van der Waals surface area contributed by atoms with E-state index in [-0.39, 0.29) is 24.1 Å². The standard InChI is InChI=1S/C23H22N4O3S/c1-15(28)24-18-9-7-16(8-10-18)13-21(29)26-23-25-19-11-12-27(14-20(19)31-23)22(30)17-5-3-2-4-6-17/h2-10H,11-14H2,1H3,(H,24,28)(H,25,26,29). The second-order valence-corrected chi connectivity index (χ2v) is 8.42. The molecule has 7 nitrogen and oxygen atoms in total. The molecule has 1 aliphatic rings. The minimum Gasteiger partial charge on any atom is -0.333 e. The number of hydrogen-bond donors (Lipinski definition) is 2. The van der Waals surface area contributed by atoms with Crippen LogP contribution in [0.2, 0.25) is 0 Å². The van der Waals surface area contributed by atoms with Crippen LogP contribution in [0, 0.1) is 0 Å². The van der Waals surface area contributed by atoms with E-state index < -0.39 is 0 Å². The summed E-state index contributed by atoms with van der Waals surface area (Å²) in [5.41, 5.74) is 3.15. The SMILES string of the molecule is CC(=O)Nc1ccc(CC(=O)Nc2nc3c(s2)CN(C(=O)c2ccccc2)CC3)cc1. The molecule has 0 bridgehead atoms. The number of thiazole rings is 1. The Bertz CT molecular complexity index is 1110. The van der Waals surface area contributed by atoms with E-state index in [0.717, 1.165) is 16.1 Å². The first-order valence-electron chi connectivity index (χ1n) is 9.97. The van der Waals surface area contributed by atoms with Gasteiger partial charge in [-0.05, 0) is 29.8 Å². The zero-order valence-electron chi connectivity index (χ0n) is 17.1. The van der Waals surface area contributed by atoms with E-state index in [9.17, 15) is 14.4 Å². The van der Waals surface area contributed by atoms with Gasteiger partial charge in [0.25, 0.3) is 5.91 Å². The van der Waals surface area contributed by atoms with Crippen LogP contribution >= 0.6 is 11.3 Å². The molecule has 158 valence electrons. The largest absolute Gasteiger partial charge is 0.333 e. The Morgan fingerprint density at radius 3 is 2.48 bits per heavy atom. The lowest BCUT2D eigenvalue weighted by Crippen LogP contribution is -2.35. The highest BCUT2D eigenvalue weighted by atomic mass is 32.1. The molecular weight excluding hydrogens is 412 g/mol. The zero-order valence-corrected chi connectivity index (χ0v) is 17.9. The Hall–Kier alpha value is -3.52. The molecule has 31 heavy (non-hydrogen) atoms.